The minimum atomic E-state index is 0.110. The van der Waals surface area contributed by atoms with Crippen molar-refractivity contribution in [2.75, 3.05) is 19.6 Å². The second-order valence-electron chi connectivity index (χ2n) is 3.93. The molecule has 2 heterocycles. The molecule has 1 aliphatic heterocycles. The molecular formula is C10H16N4O2. The van der Waals surface area contributed by atoms with E-state index >= 15 is 0 Å². The third-order valence-electron chi connectivity index (χ3n) is 2.72. The summed E-state index contributed by atoms with van der Waals surface area (Å²) >= 11 is 0. The fourth-order valence-electron chi connectivity index (χ4n) is 1.82. The minimum Gasteiger partial charge on any atom is -0.355 e. The largest absolute Gasteiger partial charge is 0.355 e. The van der Waals surface area contributed by atoms with Crippen molar-refractivity contribution in [1.29, 1.82) is 0 Å². The zero-order valence-electron chi connectivity index (χ0n) is 9.11. The van der Waals surface area contributed by atoms with Crippen LogP contribution in [0.15, 0.2) is 10.9 Å². The third-order valence-corrected chi connectivity index (χ3v) is 2.72. The quantitative estimate of drug-likeness (QED) is 0.735. The molecule has 0 radical (unpaired) electrons. The monoisotopic (exact) mass is 224 g/mol. The SMILES string of the molecule is O=C(NCCc1ncon1)[C@@H]1CCCNC1. The first-order valence-electron chi connectivity index (χ1n) is 5.60. The lowest BCUT2D eigenvalue weighted by Gasteiger charge is -2.21. The molecule has 0 bridgehead atoms. The molecule has 6 nitrogen and oxygen atoms in total. The number of amides is 1. The Morgan fingerprint density at radius 3 is 3.31 bits per heavy atom. The van der Waals surface area contributed by atoms with Gasteiger partial charge in [0.2, 0.25) is 12.3 Å². The van der Waals surface area contributed by atoms with Gasteiger partial charge in [0.05, 0.1) is 5.92 Å². The number of nitrogens with zero attached hydrogens (tertiary/aromatic N) is 2. The lowest BCUT2D eigenvalue weighted by molar-refractivity contribution is -0.125. The Balaban J connectivity index is 1.67. The first kappa shape index (κ1) is 11.1. The third kappa shape index (κ3) is 3.03. The maximum absolute atomic E-state index is 11.7. The van der Waals surface area contributed by atoms with Gasteiger partial charge in [-0.3, -0.25) is 4.79 Å². The maximum Gasteiger partial charge on any atom is 0.224 e. The van der Waals surface area contributed by atoms with Gasteiger partial charge in [-0.15, -0.1) is 0 Å². The van der Waals surface area contributed by atoms with E-state index in [1.807, 2.05) is 0 Å². The van der Waals surface area contributed by atoms with Crippen LogP contribution in [-0.2, 0) is 11.2 Å². The standard InChI is InChI=1S/C10H16N4O2/c15-10(8-2-1-4-11-6-8)12-5-3-9-13-7-16-14-9/h7-8,11H,1-6H2,(H,12,15)/t8-/m1/s1. The number of carbonyl (C=O) groups excluding carboxylic acids is 1. The van der Waals surface area contributed by atoms with E-state index in [9.17, 15) is 4.79 Å². The van der Waals surface area contributed by atoms with Crippen LogP contribution in [0.4, 0.5) is 0 Å². The van der Waals surface area contributed by atoms with Crippen molar-refractivity contribution in [2.24, 2.45) is 5.92 Å². The van der Waals surface area contributed by atoms with Crippen LogP contribution in [0.5, 0.6) is 0 Å². The molecule has 0 spiro atoms. The van der Waals surface area contributed by atoms with Gasteiger partial charge in [-0.2, -0.15) is 4.98 Å². The van der Waals surface area contributed by atoms with Gasteiger partial charge in [-0.25, -0.2) is 0 Å². The summed E-state index contributed by atoms with van der Waals surface area (Å²) in [5.74, 6) is 0.858. The Kier molecular flexibility index (Phi) is 3.87. The molecule has 1 atom stereocenters. The fourth-order valence-corrected chi connectivity index (χ4v) is 1.82. The number of rotatable bonds is 4. The summed E-state index contributed by atoms with van der Waals surface area (Å²) in [7, 11) is 0. The molecule has 88 valence electrons. The Morgan fingerprint density at radius 2 is 2.62 bits per heavy atom. The highest BCUT2D eigenvalue weighted by atomic mass is 16.5. The number of piperidine rings is 1. The number of hydrogen-bond donors (Lipinski definition) is 2. The molecule has 1 amide bonds. The zero-order chi connectivity index (χ0) is 11.2. The minimum absolute atomic E-state index is 0.110. The number of carbonyl (C=O) groups is 1. The molecule has 0 aliphatic carbocycles. The van der Waals surface area contributed by atoms with E-state index in [0.29, 0.717) is 18.8 Å². The molecular weight excluding hydrogens is 208 g/mol. The molecule has 0 aromatic carbocycles. The predicted octanol–water partition coefficient (Wildman–Crippen LogP) is -0.272. The summed E-state index contributed by atoms with van der Waals surface area (Å²) in [6.07, 6.45) is 3.95. The van der Waals surface area contributed by atoms with Crippen LogP contribution in [0.2, 0.25) is 0 Å². The Labute approximate surface area is 93.8 Å². The molecule has 1 fully saturated rings. The average Bonchev–Trinajstić information content (AvgIpc) is 2.83. The van der Waals surface area contributed by atoms with Crippen molar-refractivity contribution in [3.8, 4) is 0 Å². The van der Waals surface area contributed by atoms with Gasteiger partial charge in [0.25, 0.3) is 0 Å². The van der Waals surface area contributed by atoms with Crippen molar-refractivity contribution in [3.05, 3.63) is 12.2 Å². The van der Waals surface area contributed by atoms with Crippen molar-refractivity contribution in [3.63, 3.8) is 0 Å². The van der Waals surface area contributed by atoms with Gasteiger partial charge < -0.3 is 15.2 Å². The van der Waals surface area contributed by atoms with E-state index in [4.69, 9.17) is 0 Å². The van der Waals surface area contributed by atoms with Crippen molar-refractivity contribution >= 4 is 5.91 Å². The van der Waals surface area contributed by atoms with E-state index in [2.05, 4.69) is 25.3 Å². The molecule has 2 N–H and O–H groups in total. The van der Waals surface area contributed by atoms with Gasteiger partial charge >= 0.3 is 0 Å². The van der Waals surface area contributed by atoms with Gasteiger partial charge in [0.15, 0.2) is 5.82 Å². The van der Waals surface area contributed by atoms with Crippen molar-refractivity contribution < 1.29 is 9.32 Å². The molecule has 1 aromatic rings. The molecule has 0 saturated carbocycles. The Hall–Kier alpha value is -1.43. The number of hydrogen-bond acceptors (Lipinski definition) is 5. The van der Waals surface area contributed by atoms with Crippen LogP contribution in [0, 0.1) is 5.92 Å². The molecule has 1 saturated heterocycles. The molecule has 6 heteroatoms. The van der Waals surface area contributed by atoms with Crippen LogP contribution >= 0.6 is 0 Å². The summed E-state index contributed by atoms with van der Waals surface area (Å²) in [5.41, 5.74) is 0. The normalized spacial score (nSPS) is 20.6. The first-order valence-corrected chi connectivity index (χ1v) is 5.60. The summed E-state index contributed by atoms with van der Waals surface area (Å²) in [6, 6.07) is 0. The zero-order valence-corrected chi connectivity index (χ0v) is 9.11. The van der Waals surface area contributed by atoms with Crippen LogP contribution < -0.4 is 10.6 Å². The predicted molar refractivity (Wildman–Crippen MR) is 56.6 cm³/mol. The highest BCUT2D eigenvalue weighted by Crippen LogP contribution is 2.09. The summed E-state index contributed by atoms with van der Waals surface area (Å²) in [4.78, 5) is 15.6. The maximum atomic E-state index is 11.7. The molecule has 16 heavy (non-hydrogen) atoms. The molecule has 1 aromatic heterocycles. The lowest BCUT2D eigenvalue weighted by Crippen LogP contribution is -2.41. The van der Waals surface area contributed by atoms with E-state index in [1.165, 1.54) is 6.39 Å². The Morgan fingerprint density at radius 1 is 1.69 bits per heavy atom. The second-order valence-corrected chi connectivity index (χ2v) is 3.93. The Bertz CT molecular complexity index is 320. The van der Waals surface area contributed by atoms with Crippen LogP contribution in [-0.4, -0.2) is 35.7 Å². The highest BCUT2D eigenvalue weighted by Gasteiger charge is 2.20. The van der Waals surface area contributed by atoms with Crippen LogP contribution in [0.1, 0.15) is 18.7 Å². The first-order chi connectivity index (χ1) is 7.86. The topological polar surface area (TPSA) is 80.1 Å². The van der Waals surface area contributed by atoms with Gasteiger partial charge in [0, 0.05) is 19.5 Å². The van der Waals surface area contributed by atoms with Crippen molar-refractivity contribution in [1.82, 2.24) is 20.8 Å². The summed E-state index contributed by atoms with van der Waals surface area (Å²) in [5, 5.41) is 9.79. The lowest BCUT2D eigenvalue weighted by atomic mass is 9.99. The highest BCUT2D eigenvalue weighted by molar-refractivity contribution is 5.78. The van der Waals surface area contributed by atoms with Gasteiger partial charge in [0.1, 0.15) is 0 Å². The van der Waals surface area contributed by atoms with E-state index < -0.39 is 0 Å². The van der Waals surface area contributed by atoms with E-state index in [-0.39, 0.29) is 11.8 Å². The fraction of sp³-hybridized carbons (Fsp3) is 0.700. The van der Waals surface area contributed by atoms with Gasteiger partial charge in [-0.05, 0) is 19.4 Å². The summed E-state index contributed by atoms with van der Waals surface area (Å²) in [6.45, 7) is 2.37. The average molecular weight is 224 g/mol. The molecule has 2 rings (SSSR count). The molecule has 1 aliphatic rings. The van der Waals surface area contributed by atoms with E-state index in [1.54, 1.807) is 0 Å². The van der Waals surface area contributed by atoms with Crippen molar-refractivity contribution in [2.45, 2.75) is 19.3 Å². The number of nitrogens with one attached hydrogen (secondary N) is 2. The summed E-state index contributed by atoms with van der Waals surface area (Å²) < 4.78 is 4.60. The van der Waals surface area contributed by atoms with E-state index in [0.717, 1.165) is 25.9 Å². The second kappa shape index (κ2) is 5.60. The smallest absolute Gasteiger partial charge is 0.224 e. The van der Waals surface area contributed by atoms with Crippen LogP contribution in [0.25, 0.3) is 0 Å². The van der Waals surface area contributed by atoms with Crippen LogP contribution in [0.3, 0.4) is 0 Å². The number of aromatic nitrogens is 2. The van der Waals surface area contributed by atoms with Gasteiger partial charge in [-0.1, -0.05) is 5.16 Å². The molecule has 0 unspecified atom stereocenters.